The van der Waals surface area contributed by atoms with Crippen molar-refractivity contribution in [2.24, 2.45) is 0 Å². The summed E-state index contributed by atoms with van der Waals surface area (Å²) in [4.78, 5) is 25.4. The van der Waals surface area contributed by atoms with Crippen LogP contribution in [-0.2, 0) is 9.16 Å². The Balaban J connectivity index is 1.63. The number of hydrogen-bond donors (Lipinski definition) is 1. The van der Waals surface area contributed by atoms with Gasteiger partial charge >= 0.3 is 5.69 Å². The first-order valence-corrected chi connectivity index (χ1v) is 12.7. The molecular weight excluding hydrogens is 439 g/mol. The number of hydrogen-bond acceptors (Lipinski definition) is 4. The van der Waals surface area contributed by atoms with E-state index < -0.39 is 37.7 Å². The molecule has 4 rings (SSSR count). The number of aromatic nitrogens is 2. The summed E-state index contributed by atoms with van der Waals surface area (Å²) in [6, 6.07) is 20.5. The average Bonchev–Trinajstić information content (AvgIpc) is 3.26. The highest BCUT2D eigenvalue weighted by molar-refractivity contribution is 6.99. The Kier molecular flexibility index (Phi) is 6.33. The number of rotatable bonds is 6. The van der Waals surface area contributed by atoms with E-state index in [1.807, 2.05) is 41.4 Å². The summed E-state index contributed by atoms with van der Waals surface area (Å²) in [5.41, 5.74) is -1.78. The van der Waals surface area contributed by atoms with Crippen LogP contribution >= 0.6 is 0 Å². The summed E-state index contributed by atoms with van der Waals surface area (Å²) in [5, 5.41) is 2.12. The Labute approximate surface area is 192 Å². The SMILES string of the molecule is CC(C)(C)[Si](OC[C@H]1C=C[C@@H](n2cc(F)c(=O)[nH]c2=O)O1)(c1ccccc1)c1ccccc1. The van der Waals surface area contributed by atoms with E-state index in [1.54, 1.807) is 12.2 Å². The number of ether oxygens (including phenoxy) is 1. The van der Waals surface area contributed by atoms with Crippen molar-refractivity contribution in [3.05, 3.63) is 106 Å². The van der Waals surface area contributed by atoms with Gasteiger partial charge < -0.3 is 9.16 Å². The van der Waals surface area contributed by atoms with Gasteiger partial charge in [-0.2, -0.15) is 4.39 Å². The van der Waals surface area contributed by atoms with Crippen molar-refractivity contribution < 1.29 is 13.6 Å². The third-order valence-corrected chi connectivity index (χ3v) is 10.9. The first kappa shape index (κ1) is 23.1. The molecule has 0 unspecified atom stereocenters. The number of halogens is 1. The molecule has 0 saturated heterocycles. The van der Waals surface area contributed by atoms with Crippen molar-refractivity contribution in [3.63, 3.8) is 0 Å². The van der Waals surface area contributed by atoms with Crippen LogP contribution in [0.4, 0.5) is 4.39 Å². The van der Waals surface area contributed by atoms with Crippen LogP contribution in [0.1, 0.15) is 27.0 Å². The molecule has 172 valence electrons. The topological polar surface area (TPSA) is 73.3 Å². The second-order valence-electron chi connectivity index (χ2n) is 9.07. The Morgan fingerprint density at radius 2 is 1.58 bits per heavy atom. The normalized spacial score (nSPS) is 18.5. The predicted molar refractivity (Wildman–Crippen MR) is 128 cm³/mol. The smallest absolute Gasteiger partial charge is 0.330 e. The van der Waals surface area contributed by atoms with Gasteiger partial charge in [-0.05, 0) is 21.5 Å². The van der Waals surface area contributed by atoms with E-state index >= 15 is 0 Å². The minimum atomic E-state index is -2.74. The lowest BCUT2D eigenvalue weighted by atomic mass is 10.2. The van der Waals surface area contributed by atoms with Crippen LogP contribution in [0, 0.1) is 5.82 Å². The molecule has 0 bridgehead atoms. The highest BCUT2D eigenvalue weighted by atomic mass is 28.4. The fraction of sp³-hybridized carbons (Fsp3) is 0.280. The number of nitrogens with zero attached hydrogens (tertiary/aromatic N) is 1. The van der Waals surface area contributed by atoms with Gasteiger partial charge in [-0.15, -0.1) is 0 Å². The molecule has 1 aromatic heterocycles. The van der Waals surface area contributed by atoms with Crippen molar-refractivity contribution in [2.75, 3.05) is 6.61 Å². The van der Waals surface area contributed by atoms with Crippen LogP contribution in [-0.4, -0.2) is 30.6 Å². The first-order valence-electron chi connectivity index (χ1n) is 10.8. The molecule has 2 aromatic carbocycles. The van der Waals surface area contributed by atoms with Crippen LogP contribution < -0.4 is 21.6 Å². The minimum Gasteiger partial charge on any atom is -0.404 e. The lowest BCUT2D eigenvalue weighted by Gasteiger charge is -2.43. The van der Waals surface area contributed by atoms with Gasteiger partial charge in [-0.25, -0.2) is 4.79 Å². The molecule has 0 spiro atoms. The maximum absolute atomic E-state index is 13.7. The predicted octanol–water partition coefficient (Wildman–Crippen LogP) is 2.71. The van der Waals surface area contributed by atoms with Gasteiger partial charge in [0.05, 0.1) is 12.8 Å². The van der Waals surface area contributed by atoms with Crippen LogP contribution in [0.5, 0.6) is 0 Å². The summed E-state index contributed by atoms with van der Waals surface area (Å²) < 4.78 is 27.6. The van der Waals surface area contributed by atoms with Gasteiger partial charge in [0.15, 0.2) is 6.23 Å². The number of nitrogens with one attached hydrogen (secondary N) is 1. The molecule has 6 nitrogen and oxygen atoms in total. The second-order valence-corrected chi connectivity index (χ2v) is 13.4. The third kappa shape index (κ3) is 4.41. The van der Waals surface area contributed by atoms with E-state index in [9.17, 15) is 14.0 Å². The number of H-pyrrole nitrogens is 1. The summed E-state index contributed by atoms with van der Waals surface area (Å²) >= 11 is 0. The maximum Gasteiger partial charge on any atom is 0.330 e. The maximum atomic E-state index is 13.7. The molecule has 8 heteroatoms. The average molecular weight is 467 g/mol. The highest BCUT2D eigenvalue weighted by Crippen LogP contribution is 2.37. The zero-order chi connectivity index (χ0) is 23.6. The number of benzene rings is 2. The van der Waals surface area contributed by atoms with Crippen LogP contribution in [0.2, 0.25) is 5.04 Å². The van der Waals surface area contributed by atoms with E-state index in [2.05, 4.69) is 45.0 Å². The summed E-state index contributed by atoms with van der Waals surface area (Å²) in [6.45, 7) is 6.84. The Bertz CT molecular complexity index is 1210. The van der Waals surface area contributed by atoms with Crippen molar-refractivity contribution in [2.45, 2.75) is 38.1 Å². The van der Waals surface area contributed by atoms with Gasteiger partial charge in [-0.3, -0.25) is 14.3 Å². The minimum absolute atomic E-state index is 0.184. The zero-order valence-electron chi connectivity index (χ0n) is 18.8. The fourth-order valence-corrected chi connectivity index (χ4v) is 8.93. The lowest BCUT2D eigenvalue weighted by Crippen LogP contribution is -2.67. The molecule has 0 fully saturated rings. The molecule has 3 aromatic rings. The van der Waals surface area contributed by atoms with Crippen LogP contribution in [0.25, 0.3) is 0 Å². The Hall–Kier alpha value is -3.07. The van der Waals surface area contributed by atoms with Gasteiger partial charge in [0.25, 0.3) is 13.9 Å². The highest BCUT2D eigenvalue weighted by Gasteiger charge is 2.50. The second kappa shape index (κ2) is 9.05. The van der Waals surface area contributed by atoms with Gasteiger partial charge in [-0.1, -0.05) is 87.5 Å². The summed E-state index contributed by atoms with van der Waals surface area (Å²) in [7, 11) is -2.74. The van der Waals surface area contributed by atoms with Crippen LogP contribution in [0.3, 0.4) is 0 Å². The standard InChI is InChI=1S/C25H27FN2O4Si/c1-25(2,3)33(19-10-6-4-7-11-19,20-12-8-5-9-13-20)31-17-18-14-15-22(32-18)28-16-21(26)23(29)27-24(28)30/h4-16,18,22H,17H2,1-3H3,(H,27,29,30)/t18-,22+/m1/s1. The van der Waals surface area contributed by atoms with E-state index in [0.717, 1.165) is 21.1 Å². The lowest BCUT2D eigenvalue weighted by molar-refractivity contribution is -0.00759. The zero-order valence-corrected chi connectivity index (χ0v) is 19.8. The Morgan fingerprint density at radius 1 is 1.00 bits per heavy atom. The number of aromatic amines is 1. The molecule has 33 heavy (non-hydrogen) atoms. The monoisotopic (exact) mass is 466 g/mol. The summed E-state index contributed by atoms with van der Waals surface area (Å²) in [5.74, 6) is -1.04. The summed E-state index contributed by atoms with van der Waals surface area (Å²) in [6.07, 6.45) is 3.08. The van der Waals surface area contributed by atoms with Crippen molar-refractivity contribution in [1.82, 2.24) is 9.55 Å². The van der Waals surface area contributed by atoms with Crippen molar-refractivity contribution in [1.29, 1.82) is 0 Å². The molecule has 1 aliphatic rings. The van der Waals surface area contributed by atoms with E-state index in [1.165, 1.54) is 0 Å². The Morgan fingerprint density at radius 3 is 2.12 bits per heavy atom. The molecule has 2 heterocycles. The van der Waals surface area contributed by atoms with E-state index in [0.29, 0.717) is 0 Å². The van der Waals surface area contributed by atoms with Crippen molar-refractivity contribution in [3.8, 4) is 0 Å². The van der Waals surface area contributed by atoms with Gasteiger partial charge in [0.2, 0.25) is 5.82 Å². The molecule has 1 N–H and O–H groups in total. The van der Waals surface area contributed by atoms with E-state index in [4.69, 9.17) is 9.16 Å². The molecule has 0 amide bonds. The van der Waals surface area contributed by atoms with Crippen molar-refractivity contribution >= 4 is 18.7 Å². The molecule has 0 aliphatic carbocycles. The van der Waals surface area contributed by atoms with Crippen LogP contribution in [0.15, 0.2) is 88.6 Å². The third-order valence-electron chi connectivity index (χ3n) is 5.88. The molecule has 0 radical (unpaired) electrons. The van der Waals surface area contributed by atoms with Gasteiger partial charge in [0, 0.05) is 0 Å². The first-order chi connectivity index (χ1) is 15.7. The molecule has 2 atom stereocenters. The largest absolute Gasteiger partial charge is 0.404 e. The molecular formula is C25H27FN2O4Si. The fourth-order valence-electron chi connectivity index (χ4n) is 4.36. The molecule has 1 aliphatic heterocycles. The quantitative estimate of drug-likeness (QED) is 0.448. The van der Waals surface area contributed by atoms with Gasteiger partial charge in [0.1, 0.15) is 6.10 Å². The van der Waals surface area contributed by atoms with E-state index in [-0.39, 0.29) is 11.6 Å². The molecule has 0 saturated carbocycles.